The standard InChI is InChI=1S/C16H19N3O2S/c1-9-4-5-12(8-10(9)2)14(20)11(3)22-16-18-17-15(21)19(16)13-6-7-13/h4-5,8,11,13H,6-7H2,1-3H3,(H,17,21). The maximum absolute atomic E-state index is 12.6. The van der Waals surface area contributed by atoms with E-state index in [-0.39, 0.29) is 22.8 Å². The number of ketones is 1. The summed E-state index contributed by atoms with van der Waals surface area (Å²) < 4.78 is 1.68. The topological polar surface area (TPSA) is 67.8 Å². The molecular weight excluding hydrogens is 298 g/mol. The van der Waals surface area contributed by atoms with Crippen molar-refractivity contribution in [3.05, 3.63) is 45.4 Å². The van der Waals surface area contributed by atoms with E-state index in [0.29, 0.717) is 10.7 Å². The van der Waals surface area contributed by atoms with Crippen LogP contribution in [0.15, 0.2) is 28.2 Å². The Morgan fingerprint density at radius 2 is 2.09 bits per heavy atom. The first-order chi connectivity index (χ1) is 10.5. The van der Waals surface area contributed by atoms with Crippen LogP contribution in [0.5, 0.6) is 0 Å². The van der Waals surface area contributed by atoms with Gasteiger partial charge in [0.05, 0.1) is 5.25 Å². The molecule has 0 bridgehead atoms. The number of aryl methyl sites for hydroxylation is 2. The van der Waals surface area contributed by atoms with Gasteiger partial charge in [-0.25, -0.2) is 9.89 Å². The Morgan fingerprint density at radius 3 is 2.73 bits per heavy atom. The molecule has 5 nitrogen and oxygen atoms in total. The average molecular weight is 317 g/mol. The van der Waals surface area contributed by atoms with E-state index in [2.05, 4.69) is 10.2 Å². The highest BCUT2D eigenvalue weighted by molar-refractivity contribution is 8.00. The number of rotatable bonds is 5. The zero-order valence-electron chi connectivity index (χ0n) is 12.9. The number of benzene rings is 1. The van der Waals surface area contributed by atoms with Crippen molar-refractivity contribution < 1.29 is 4.79 Å². The molecular formula is C16H19N3O2S. The van der Waals surface area contributed by atoms with Gasteiger partial charge in [0.15, 0.2) is 10.9 Å². The van der Waals surface area contributed by atoms with Crippen LogP contribution < -0.4 is 5.69 Å². The van der Waals surface area contributed by atoms with Crippen molar-refractivity contribution in [2.24, 2.45) is 0 Å². The van der Waals surface area contributed by atoms with Gasteiger partial charge >= 0.3 is 5.69 Å². The predicted molar refractivity (Wildman–Crippen MR) is 86.7 cm³/mol. The van der Waals surface area contributed by atoms with Gasteiger partial charge in [0, 0.05) is 11.6 Å². The zero-order chi connectivity index (χ0) is 15.9. The van der Waals surface area contributed by atoms with Crippen molar-refractivity contribution in [3.8, 4) is 0 Å². The Balaban J connectivity index is 1.79. The molecule has 22 heavy (non-hydrogen) atoms. The molecule has 116 valence electrons. The summed E-state index contributed by atoms with van der Waals surface area (Å²) in [6, 6.07) is 6.00. The molecule has 6 heteroatoms. The Bertz CT molecular complexity index is 774. The minimum absolute atomic E-state index is 0.0610. The maximum Gasteiger partial charge on any atom is 0.344 e. The van der Waals surface area contributed by atoms with Gasteiger partial charge in [-0.05, 0) is 50.8 Å². The number of hydrogen-bond donors (Lipinski definition) is 1. The molecule has 0 spiro atoms. The van der Waals surface area contributed by atoms with E-state index in [9.17, 15) is 9.59 Å². The number of H-pyrrole nitrogens is 1. The quantitative estimate of drug-likeness (QED) is 0.680. The summed E-state index contributed by atoms with van der Waals surface area (Å²) in [7, 11) is 0. The summed E-state index contributed by atoms with van der Waals surface area (Å²) in [6.07, 6.45) is 2.01. The molecule has 2 aromatic rings. The van der Waals surface area contributed by atoms with E-state index in [1.165, 1.54) is 17.3 Å². The van der Waals surface area contributed by atoms with Crippen LogP contribution in [0.1, 0.15) is 47.3 Å². The second kappa shape index (κ2) is 5.76. The van der Waals surface area contributed by atoms with Crippen molar-refractivity contribution in [2.45, 2.75) is 50.1 Å². The maximum atomic E-state index is 12.6. The number of hydrogen-bond acceptors (Lipinski definition) is 4. The highest BCUT2D eigenvalue weighted by atomic mass is 32.2. The van der Waals surface area contributed by atoms with Crippen LogP contribution in [0.4, 0.5) is 0 Å². The predicted octanol–water partition coefficient (Wildman–Crippen LogP) is 2.89. The van der Waals surface area contributed by atoms with Crippen molar-refractivity contribution in [1.82, 2.24) is 14.8 Å². The number of nitrogens with one attached hydrogen (secondary N) is 1. The van der Waals surface area contributed by atoms with Crippen LogP contribution in [0.25, 0.3) is 0 Å². The molecule has 1 aromatic carbocycles. The summed E-state index contributed by atoms with van der Waals surface area (Å²) in [5.74, 6) is 0.0610. The number of aromatic amines is 1. The third kappa shape index (κ3) is 2.88. The molecule has 1 N–H and O–H groups in total. The number of aromatic nitrogens is 3. The number of Topliss-reactive ketones (excluding diaryl/α,β-unsaturated/α-hetero) is 1. The lowest BCUT2D eigenvalue weighted by molar-refractivity contribution is 0.0993. The molecule has 1 saturated carbocycles. The molecule has 1 fully saturated rings. The Morgan fingerprint density at radius 1 is 1.36 bits per heavy atom. The fourth-order valence-electron chi connectivity index (χ4n) is 2.37. The highest BCUT2D eigenvalue weighted by Crippen LogP contribution is 2.37. The van der Waals surface area contributed by atoms with E-state index >= 15 is 0 Å². The summed E-state index contributed by atoms with van der Waals surface area (Å²) in [6.45, 7) is 5.89. The molecule has 1 heterocycles. The van der Waals surface area contributed by atoms with E-state index in [4.69, 9.17) is 0 Å². The fourth-order valence-corrected chi connectivity index (χ4v) is 3.37. The average Bonchev–Trinajstić information content (AvgIpc) is 3.26. The molecule has 1 aliphatic carbocycles. The minimum Gasteiger partial charge on any atom is -0.293 e. The Hall–Kier alpha value is -1.82. The molecule has 1 aromatic heterocycles. The van der Waals surface area contributed by atoms with E-state index in [1.54, 1.807) is 4.57 Å². The van der Waals surface area contributed by atoms with Crippen molar-refractivity contribution in [3.63, 3.8) is 0 Å². The molecule has 1 atom stereocenters. The molecule has 0 saturated heterocycles. The summed E-state index contributed by atoms with van der Waals surface area (Å²) >= 11 is 1.34. The molecule has 1 aliphatic rings. The van der Waals surface area contributed by atoms with Gasteiger partial charge in [-0.2, -0.15) is 0 Å². The lowest BCUT2D eigenvalue weighted by atomic mass is 10.0. The summed E-state index contributed by atoms with van der Waals surface area (Å²) in [5, 5.41) is 6.87. The number of carbonyl (C=O) groups is 1. The van der Waals surface area contributed by atoms with Crippen LogP contribution in [0.2, 0.25) is 0 Å². The van der Waals surface area contributed by atoms with Crippen molar-refractivity contribution in [2.75, 3.05) is 0 Å². The Labute approximate surface area is 133 Å². The number of carbonyl (C=O) groups excluding carboxylic acids is 1. The first-order valence-electron chi connectivity index (χ1n) is 7.42. The molecule has 1 unspecified atom stereocenters. The van der Waals surface area contributed by atoms with Crippen LogP contribution >= 0.6 is 11.8 Å². The largest absolute Gasteiger partial charge is 0.344 e. The van der Waals surface area contributed by atoms with Crippen molar-refractivity contribution in [1.29, 1.82) is 0 Å². The monoisotopic (exact) mass is 317 g/mol. The van der Waals surface area contributed by atoms with Crippen LogP contribution in [0.3, 0.4) is 0 Å². The summed E-state index contributed by atoms with van der Waals surface area (Å²) in [4.78, 5) is 24.3. The second-order valence-corrected chi connectivity index (χ2v) is 7.14. The normalized spacial score (nSPS) is 15.8. The van der Waals surface area contributed by atoms with Crippen LogP contribution in [-0.2, 0) is 0 Å². The molecule has 0 aliphatic heterocycles. The lowest BCUT2D eigenvalue weighted by Gasteiger charge is -2.11. The minimum atomic E-state index is -0.283. The smallest absolute Gasteiger partial charge is 0.293 e. The zero-order valence-corrected chi connectivity index (χ0v) is 13.7. The van der Waals surface area contributed by atoms with E-state index in [1.807, 2.05) is 39.0 Å². The van der Waals surface area contributed by atoms with Crippen molar-refractivity contribution >= 4 is 17.5 Å². The highest BCUT2D eigenvalue weighted by Gasteiger charge is 2.30. The molecule has 0 amide bonds. The first kappa shape index (κ1) is 15.1. The van der Waals surface area contributed by atoms with Gasteiger partial charge in [-0.15, -0.1) is 5.10 Å². The SMILES string of the molecule is Cc1ccc(C(=O)C(C)Sc2n[nH]c(=O)n2C2CC2)cc1C. The molecule has 3 rings (SSSR count). The van der Waals surface area contributed by atoms with Gasteiger partial charge in [0.25, 0.3) is 0 Å². The number of thioether (sulfide) groups is 1. The van der Waals surface area contributed by atoms with E-state index in [0.717, 1.165) is 18.4 Å². The fraction of sp³-hybridized carbons (Fsp3) is 0.438. The van der Waals surface area contributed by atoms with Gasteiger partial charge in [0.2, 0.25) is 0 Å². The Kier molecular flexibility index (Phi) is 3.95. The van der Waals surface area contributed by atoms with Gasteiger partial charge in [0.1, 0.15) is 0 Å². The first-order valence-corrected chi connectivity index (χ1v) is 8.30. The molecule has 0 radical (unpaired) electrons. The van der Waals surface area contributed by atoms with E-state index < -0.39 is 0 Å². The lowest BCUT2D eigenvalue weighted by Crippen LogP contribution is -2.18. The van der Waals surface area contributed by atoms with Crippen LogP contribution in [0, 0.1) is 13.8 Å². The second-order valence-electron chi connectivity index (χ2n) is 5.84. The van der Waals surface area contributed by atoms with Gasteiger partial charge < -0.3 is 0 Å². The number of nitrogens with zero attached hydrogens (tertiary/aromatic N) is 2. The third-order valence-electron chi connectivity index (χ3n) is 4.03. The van der Waals surface area contributed by atoms with Crippen LogP contribution in [-0.4, -0.2) is 25.8 Å². The summed E-state index contributed by atoms with van der Waals surface area (Å²) in [5.41, 5.74) is 2.80. The third-order valence-corrected chi connectivity index (χ3v) is 5.09. The van der Waals surface area contributed by atoms with Gasteiger partial charge in [-0.3, -0.25) is 9.36 Å². The van der Waals surface area contributed by atoms with Gasteiger partial charge in [-0.1, -0.05) is 23.9 Å².